The smallest absolute Gasteiger partial charge is 0.326 e. The predicted molar refractivity (Wildman–Crippen MR) is 115 cm³/mol. The van der Waals surface area contributed by atoms with E-state index in [4.69, 9.17) is 0 Å². The third-order valence-corrected chi connectivity index (χ3v) is 5.29. The van der Waals surface area contributed by atoms with E-state index in [2.05, 4.69) is 5.32 Å². The predicted octanol–water partition coefficient (Wildman–Crippen LogP) is 4.63. The van der Waals surface area contributed by atoms with Crippen LogP contribution in [0.5, 0.6) is 0 Å². The van der Waals surface area contributed by atoms with Gasteiger partial charge in [0.05, 0.1) is 6.42 Å². The van der Waals surface area contributed by atoms with Crippen LogP contribution in [-0.4, -0.2) is 23.0 Å². The van der Waals surface area contributed by atoms with Crippen molar-refractivity contribution in [2.24, 2.45) is 0 Å². The van der Waals surface area contributed by atoms with E-state index >= 15 is 0 Å². The molecule has 0 unspecified atom stereocenters. The Labute approximate surface area is 177 Å². The average molecular weight is 419 g/mol. The van der Waals surface area contributed by atoms with E-state index in [1.54, 1.807) is 0 Å². The Kier molecular flexibility index (Phi) is 5.62. The summed E-state index contributed by atoms with van der Waals surface area (Å²) < 4.78 is 26.9. The van der Waals surface area contributed by atoms with Gasteiger partial charge in [-0.3, -0.25) is 4.79 Å². The molecule has 0 aromatic heterocycles. The van der Waals surface area contributed by atoms with E-state index in [9.17, 15) is 23.5 Å². The number of benzene rings is 4. The Morgan fingerprint density at radius 3 is 2.06 bits per heavy atom. The van der Waals surface area contributed by atoms with Gasteiger partial charge in [0.25, 0.3) is 0 Å². The molecule has 6 heteroatoms. The maximum absolute atomic E-state index is 13.9. The monoisotopic (exact) mass is 419 g/mol. The number of nitrogens with one attached hydrogen (secondary N) is 1. The van der Waals surface area contributed by atoms with E-state index in [-0.39, 0.29) is 18.4 Å². The quantitative estimate of drug-likeness (QED) is 0.448. The molecule has 1 amide bonds. The van der Waals surface area contributed by atoms with Crippen LogP contribution in [0, 0.1) is 11.6 Å². The molecule has 0 fully saturated rings. The third-order valence-electron chi connectivity index (χ3n) is 5.29. The lowest BCUT2D eigenvalue weighted by molar-refractivity contribution is -0.141. The molecule has 31 heavy (non-hydrogen) atoms. The minimum atomic E-state index is -1.20. The number of aliphatic carboxylic acids is 1. The highest BCUT2D eigenvalue weighted by Gasteiger charge is 2.23. The van der Waals surface area contributed by atoms with Crippen LogP contribution in [0.1, 0.15) is 11.1 Å². The van der Waals surface area contributed by atoms with Crippen LogP contribution in [0.3, 0.4) is 0 Å². The van der Waals surface area contributed by atoms with Crippen LogP contribution < -0.4 is 5.32 Å². The molecule has 2 N–H and O–H groups in total. The van der Waals surface area contributed by atoms with Crippen LogP contribution >= 0.6 is 0 Å². The Bertz CT molecular complexity index is 1250. The molecular weight excluding hydrogens is 400 g/mol. The molecule has 4 aromatic carbocycles. The van der Waals surface area contributed by atoms with Gasteiger partial charge in [0, 0.05) is 12.5 Å². The fourth-order valence-corrected chi connectivity index (χ4v) is 3.82. The molecule has 0 spiro atoms. The van der Waals surface area contributed by atoms with Crippen molar-refractivity contribution < 1.29 is 23.5 Å². The lowest BCUT2D eigenvalue weighted by atomic mass is 9.92. The summed E-state index contributed by atoms with van der Waals surface area (Å²) >= 11 is 0. The molecule has 0 aliphatic rings. The summed E-state index contributed by atoms with van der Waals surface area (Å²) in [5, 5.41) is 16.0. The zero-order valence-electron chi connectivity index (χ0n) is 16.4. The van der Waals surface area contributed by atoms with Crippen molar-refractivity contribution in [2.75, 3.05) is 0 Å². The number of rotatable bonds is 6. The maximum Gasteiger partial charge on any atom is 0.326 e. The number of carbonyl (C=O) groups is 2. The van der Waals surface area contributed by atoms with Crippen molar-refractivity contribution in [3.8, 4) is 0 Å². The first-order valence-corrected chi connectivity index (χ1v) is 9.78. The average Bonchev–Trinajstić information content (AvgIpc) is 2.74. The molecule has 0 saturated carbocycles. The molecule has 4 nitrogen and oxygen atoms in total. The van der Waals surface area contributed by atoms with E-state index < -0.39 is 29.6 Å². The Morgan fingerprint density at radius 2 is 1.48 bits per heavy atom. The summed E-state index contributed by atoms with van der Waals surface area (Å²) in [5.41, 5.74) is 0.813. The number of halogens is 2. The number of carboxylic acid groups (broad SMARTS) is 1. The summed E-state index contributed by atoms with van der Waals surface area (Å²) in [6.45, 7) is 0. The zero-order valence-corrected chi connectivity index (χ0v) is 16.4. The van der Waals surface area contributed by atoms with Crippen molar-refractivity contribution in [2.45, 2.75) is 18.9 Å². The van der Waals surface area contributed by atoms with Crippen LogP contribution in [0.25, 0.3) is 21.5 Å². The SMILES string of the molecule is O=C(Cc1ccc(F)cc1F)N[C@H](Cc1c2ccccc2cc2ccccc12)C(=O)O. The van der Waals surface area contributed by atoms with Gasteiger partial charge in [0.15, 0.2) is 0 Å². The molecular formula is C25H19F2NO3. The fourth-order valence-electron chi connectivity index (χ4n) is 3.82. The first-order chi connectivity index (χ1) is 14.9. The van der Waals surface area contributed by atoms with E-state index in [1.807, 2.05) is 54.6 Å². The Morgan fingerprint density at radius 1 is 0.871 bits per heavy atom. The molecule has 0 saturated heterocycles. The lowest BCUT2D eigenvalue weighted by Crippen LogP contribution is -2.43. The Balaban J connectivity index is 1.64. The van der Waals surface area contributed by atoms with Crippen molar-refractivity contribution in [1.29, 1.82) is 0 Å². The van der Waals surface area contributed by atoms with Gasteiger partial charge in [0.2, 0.25) is 5.91 Å². The largest absolute Gasteiger partial charge is 0.480 e. The summed E-state index contributed by atoms with van der Waals surface area (Å²) in [7, 11) is 0. The molecule has 0 bridgehead atoms. The van der Waals surface area contributed by atoms with Crippen LogP contribution in [0.2, 0.25) is 0 Å². The van der Waals surface area contributed by atoms with Gasteiger partial charge < -0.3 is 10.4 Å². The minimum absolute atomic E-state index is 0.00125. The second-order valence-electron chi connectivity index (χ2n) is 7.37. The number of carboxylic acids is 1. The number of hydrogen-bond donors (Lipinski definition) is 2. The molecule has 4 rings (SSSR count). The topological polar surface area (TPSA) is 66.4 Å². The first-order valence-electron chi connectivity index (χ1n) is 9.78. The normalized spacial score (nSPS) is 12.1. The number of amides is 1. The highest BCUT2D eigenvalue weighted by atomic mass is 19.1. The van der Waals surface area contributed by atoms with Gasteiger partial charge in [-0.2, -0.15) is 0 Å². The highest BCUT2D eigenvalue weighted by Crippen LogP contribution is 2.29. The van der Waals surface area contributed by atoms with Crippen molar-refractivity contribution in [1.82, 2.24) is 5.32 Å². The van der Waals surface area contributed by atoms with Gasteiger partial charge in [-0.1, -0.05) is 54.6 Å². The summed E-state index contributed by atoms with van der Waals surface area (Å²) in [4.78, 5) is 24.4. The number of hydrogen-bond acceptors (Lipinski definition) is 2. The molecule has 1 atom stereocenters. The number of fused-ring (bicyclic) bond motifs is 2. The molecule has 156 valence electrons. The van der Waals surface area contributed by atoms with E-state index in [0.29, 0.717) is 6.07 Å². The molecule has 0 aliphatic carbocycles. The highest BCUT2D eigenvalue weighted by molar-refractivity contribution is 6.02. The molecule has 4 aromatic rings. The lowest BCUT2D eigenvalue weighted by Gasteiger charge is -2.18. The van der Waals surface area contributed by atoms with Crippen molar-refractivity contribution in [3.63, 3.8) is 0 Å². The van der Waals surface area contributed by atoms with Crippen molar-refractivity contribution in [3.05, 3.63) is 95.6 Å². The second kappa shape index (κ2) is 8.52. The summed E-state index contributed by atoms with van der Waals surface area (Å²) in [6, 6.07) is 19.1. The molecule has 0 heterocycles. The third kappa shape index (κ3) is 4.38. The maximum atomic E-state index is 13.9. The summed E-state index contributed by atoms with van der Waals surface area (Å²) in [6.07, 6.45) is -0.318. The van der Waals surface area contributed by atoms with Gasteiger partial charge in [0.1, 0.15) is 17.7 Å². The second-order valence-corrected chi connectivity index (χ2v) is 7.37. The van der Waals surface area contributed by atoms with Gasteiger partial charge in [-0.15, -0.1) is 0 Å². The Hall–Kier alpha value is -3.80. The number of carbonyl (C=O) groups excluding carboxylic acids is 1. The minimum Gasteiger partial charge on any atom is -0.480 e. The molecule has 0 radical (unpaired) electrons. The van der Waals surface area contributed by atoms with Crippen molar-refractivity contribution >= 4 is 33.4 Å². The fraction of sp³-hybridized carbons (Fsp3) is 0.120. The van der Waals surface area contributed by atoms with E-state index in [0.717, 1.165) is 33.2 Å². The van der Waals surface area contributed by atoms with Crippen LogP contribution in [-0.2, 0) is 22.4 Å². The van der Waals surface area contributed by atoms with Gasteiger partial charge in [-0.25, -0.2) is 13.6 Å². The van der Waals surface area contributed by atoms with Gasteiger partial charge in [-0.05, 0) is 44.8 Å². The molecule has 0 aliphatic heterocycles. The first kappa shape index (κ1) is 20.5. The van der Waals surface area contributed by atoms with Crippen LogP contribution in [0.15, 0.2) is 72.8 Å². The van der Waals surface area contributed by atoms with Crippen LogP contribution in [0.4, 0.5) is 8.78 Å². The van der Waals surface area contributed by atoms with Gasteiger partial charge >= 0.3 is 5.97 Å². The zero-order chi connectivity index (χ0) is 22.0. The summed E-state index contributed by atoms with van der Waals surface area (Å²) in [5.74, 6) is -3.43. The standard InChI is InChI=1S/C25H19F2NO3/c26-18-10-9-17(22(27)13-18)12-24(29)28-23(25(30)31)14-21-19-7-3-1-5-15(19)11-16-6-2-4-8-20(16)21/h1-11,13,23H,12,14H2,(H,28,29)(H,30,31)/t23-/m1/s1. The van der Waals surface area contributed by atoms with E-state index in [1.165, 1.54) is 6.07 Å².